The minimum absolute atomic E-state index is 0.0700. The maximum absolute atomic E-state index is 13.5. The predicted molar refractivity (Wildman–Crippen MR) is 74.3 cm³/mol. The molecule has 0 unspecified atom stereocenters. The maximum atomic E-state index is 13.5. The molecule has 18 heavy (non-hydrogen) atoms. The number of hydrogen-bond acceptors (Lipinski definition) is 2. The highest BCUT2D eigenvalue weighted by atomic mass is 35.5. The van der Waals surface area contributed by atoms with E-state index in [9.17, 15) is 9.18 Å². The van der Waals surface area contributed by atoms with E-state index in [1.165, 1.54) is 18.2 Å². The van der Waals surface area contributed by atoms with Crippen LogP contribution in [0.5, 0.6) is 0 Å². The van der Waals surface area contributed by atoms with Gasteiger partial charge in [0.1, 0.15) is 5.82 Å². The van der Waals surface area contributed by atoms with Gasteiger partial charge in [0, 0.05) is 12.0 Å². The normalized spacial score (nSPS) is 11.1. The summed E-state index contributed by atoms with van der Waals surface area (Å²) < 4.78 is 13.5. The summed E-state index contributed by atoms with van der Waals surface area (Å²) in [7, 11) is 0. The van der Waals surface area contributed by atoms with Crippen LogP contribution in [0.25, 0.3) is 0 Å². The van der Waals surface area contributed by atoms with E-state index in [0.717, 1.165) is 0 Å². The van der Waals surface area contributed by atoms with Crippen LogP contribution in [0.15, 0.2) is 18.2 Å². The molecule has 3 nitrogen and oxygen atoms in total. The minimum atomic E-state index is -0.659. The molecule has 0 aliphatic rings. The molecular weight excluding hydrogens is 275 g/mol. The number of thiocarbonyl (C=S) groups is 1. The molecule has 1 aromatic carbocycles. The van der Waals surface area contributed by atoms with Crippen molar-refractivity contribution in [3.8, 4) is 0 Å². The van der Waals surface area contributed by atoms with Crippen LogP contribution in [-0.4, -0.2) is 17.4 Å². The molecule has 6 heteroatoms. The fourth-order valence-electron chi connectivity index (χ4n) is 1.19. The summed E-state index contributed by atoms with van der Waals surface area (Å²) in [4.78, 5) is 12.1. The van der Waals surface area contributed by atoms with Gasteiger partial charge in [-0.2, -0.15) is 0 Å². The average Bonchev–Trinajstić information content (AvgIpc) is 2.26. The van der Waals surface area contributed by atoms with Crippen molar-refractivity contribution in [1.82, 2.24) is 5.32 Å². The zero-order valence-electron chi connectivity index (χ0n) is 10.1. The molecule has 0 aliphatic carbocycles. The van der Waals surface area contributed by atoms with E-state index in [0.29, 0.717) is 0 Å². The number of nitrogens with two attached hydrogens (primary N) is 1. The van der Waals surface area contributed by atoms with E-state index in [1.807, 2.05) is 0 Å². The van der Waals surface area contributed by atoms with Crippen LogP contribution in [0.4, 0.5) is 4.39 Å². The molecule has 1 rings (SSSR count). The molecule has 1 aromatic rings. The Balaban J connectivity index is 2.82. The van der Waals surface area contributed by atoms with Crippen molar-refractivity contribution in [3.63, 3.8) is 0 Å². The van der Waals surface area contributed by atoms with Crippen LogP contribution < -0.4 is 11.1 Å². The molecule has 0 saturated heterocycles. The Morgan fingerprint density at radius 1 is 1.56 bits per heavy atom. The van der Waals surface area contributed by atoms with Gasteiger partial charge in [-0.05, 0) is 12.1 Å². The lowest BCUT2D eigenvalue weighted by molar-refractivity contribution is 0.0941. The molecular formula is C12H14ClFN2OS. The topological polar surface area (TPSA) is 55.1 Å². The second-order valence-electron chi connectivity index (χ2n) is 4.53. The van der Waals surface area contributed by atoms with Crippen LogP contribution in [0.1, 0.15) is 24.2 Å². The minimum Gasteiger partial charge on any atom is -0.393 e. The van der Waals surface area contributed by atoms with E-state index in [4.69, 9.17) is 29.6 Å². The number of benzene rings is 1. The largest absolute Gasteiger partial charge is 0.393 e. The van der Waals surface area contributed by atoms with Crippen LogP contribution in [0.2, 0.25) is 5.02 Å². The zero-order chi connectivity index (χ0) is 13.9. The quantitative estimate of drug-likeness (QED) is 0.837. The number of halogens is 2. The van der Waals surface area contributed by atoms with Gasteiger partial charge in [-0.1, -0.05) is 43.7 Å². The van der Waals surface area contributed by atoms with Gasteiger partial charge in [0.25, 0.3) is 5.91 Å². The third-order valence-electron chi connectivity index (χ3n) is 2.55. The van der Waals surface area contributed by atoms with Crippen molar-refractivity contribution in [3.05, 3.63) is 34.6 Å². The van der Waals surface area contributed by atoms with Crippen molar-refractivity contribution >= 4 is 34.7 Å². The lowest BCUT2D eigenvalue weighted by Gasteiger charge is -2.23. The standard InChI is InChI=1S/C12H14ClFN2OS/c1-12(2,11(15)18)6-16-10(17)9-7(13)4-3-5-8(9)14/h3-5H,6H2,1-2H3,(H2,15,18)(H,16,17). The van der Waals surface area contributed by atoms with E-state index in [2.05, 4.69) is 5.32 Å². The third-order valence-corrected chi connectivity index (χ3v) is 3.42. The second-order valence-corrected chi connectivity index (χ2v) is 5.37. The van der Waals surface area contributed by atoms with E-state index in [-0.39, 0.29) is 22.1 Å². The fraction of sp³-hybridized carbons (Fsp3) is 0.333. The summed E-state index contributed by atoms with van der Waals surface area (Å²) in [5, 5.41) is 2.64. The lowest BCUT2D eigenvalue weighted by Crippen LogP contribution is -2.41. The monoisotopic (exact) mass is 288 g/mol. The molecule has 98 valence electrons. The van der Waals surface area contributed by atoms with Crippen molar-refractivity contribution in [2.75, 3.05) is 6.54 Å². The second kappa shape index (κ2) is 5.63. The number of carbonyl (C=O) groups is 1. The molecule has 3 N–H and O–H groups in total. The Bertz CT molecular complexity index is 471. The third kappa shape index (κ3) is 3.40. The van der Waals surface area contributed by atoms with Crippen molar-refractivity contribution in [2.45, 2.75) is 13.8 Å². The highest BCUT2D eigenvalue weighted by molar-refractivity contribution is 7.80. The Kier molecular flexibility index (Phi) is 4.65. The van der Waals surface area contributed by atoms with Gasteiger partial charge in [-0.3, -0.25) is 4.79 Å². The Morgan fingerprint density at radius 2 is 2.17 bits per heavy atom. The molecule has 0 spiro atoms. The SMILES string of the molecule is CC(C)(CNC(=O)c1c(F)cccc1Cl)C(N)=S. The molecule has 1 amide bonds. The van der Waals surface area contributed by atoms with E-state index in [1.54, 1.807) is 13.8 Å². The number of amides is 1. The number of hydrogen-bond donors (Lipinski definition) is 2. The molecule has 0 saturated carbocycles. The van der Waals surface area contributed by atoms with Crippen LogP contribution in [0.3, 0.4) is 0 Å². The Labute approximate surface area is 115 Å². The number of carbonyl (C=O) groups excluding carboxylic acids is 1. The van der Waals surface area contributed by atoms with Crippen molar-refractivity contribution in [2.24, 2.45) is 11.1 Å². The van der Waals surface area contributed by atoms with Gasteiger partial charge >= 0.3 is 0 Å². The van der Waals surface area contributed by atoms with Gasteiger partial charge in [-0.25, -0.2) is 4.39 Å². The van der Waals surface area contributed by atoms with Gasteiger partial charge in [0.15, 0.2) is 0 Å². The molecule has 0 aromatic heterocycles. The van der Waals surface area contributed by atoms with Crippen molar-refractivity contribution in [1.29, 1.82) is 0 Å². The highest BCUT2D eigenvalue weighted by Gasteiger charge is 2.24. The first-order valence-corrected chi connectivity index (χ1v) is 6.06. The number of nitrogens with one attached hydrogen (secondary N) is 1. The van der Waals surface area contributed by atoms with E-state index < -0.39 is 17.1 Å². The first kappa shape index (κ1) is 14.9. The molecule has 0 fully saturated rings. The first-order valence-electron chi connectivity index (χ1n) is 5.28. The van der Waals surface area contributed by atoms with Gasteiger partial charge < -0.3 is 11.1 Å². The zero-order valence-corrected chi connectivity index (χ0v) is 11.7. The summed E-state index contributed by atoms with van der Waals surface area (Å²) in [5.74, 6) is -1.24. The van der Waals surface area contributed by atoms with Crippen LogP contribution in [-0.2, 0) is 0 Å². The summed E-state index contributed by atoms with van der Waals surface area (Å²) in [6, 6.07) is 4.07. The summed E-state index contributed by atoms with van der Waals surface area (Å²) in [6.07, 6.45) is 0. The Morgan fingerprint density at radius 3 is 2.67 bits per heavy atom. The van der Waals surface area contributed by atoms with Gasteiger partial charge in [0.2, 0.25) is 0 Å². The predicted octanol–water partition coefficient (Wildman–Crippen LogP) is 2.52. The van der Waals surface area contributed by atoms with Crippen molar-refractivity contribution < 1.29 is 9.18 Å². The molecule has 0 radical (unpaired) electrons. The Hall–Kier alpha value is -1.20. The fourth-order valence-corrected chi connectivity index (χ4v) is 1.51. The van der Waals surface area contributed by atoms with E-state index >= 15 is 0 Å². The molecule has 0 aliphatic heterocycles. The van der Waals surface area contributed by atoms with Gasteiger partial charge in [0.05, 0.1) is 15.6 Å². The highest BCUT2D eigenvalue weighted by Crippen LogP contribution is 2.19. The van der Waals surface area contributed by atoms with Crippen LogP contribution in [0, 0.1) is 11.2 Å². The molecule has 0 atom stereocenters. The first-order chi connectivity index (χ1) is 8.25. The molecule has 0 bridgehead atoms. The van der Waals surface area contributed by atoms with Gasteiger partial charge in [-0.15, -0.1) is 0 Å². The van der Waals surface area contributed by atoms with Crippen LogP contribution >= 0.6 is 23.8 Å². The smallest absolute Gasteiger partial charge is 0.255 e. The average molecular weight is 289 g/mol. The summed E-state index contributed by atoms with van der Waals surface area (Å²) >= 11 is 10.7. The molecule has 0 heterocycles. The lowest BCUT2D eigenvalue weighted by atomic mass is 9.93. The summed E-state index contributed by atoms with van der Waals surface area (Å²) in [5.41, 5.74) is 4.83. The maximum Gasteiger partial charge on any atom is 0.255 e. The number of rotatable bonds is 4. The summed E-state index contributed by atoms with van der Waals surface area (Å²) in [6.45, 7) is 3.79.